The van der Waals surface area contributed by atoms with E-state index in [0.717, 1.165) is 0 Å². The van der Waals surface area contributed by atoms with Crippen molar-refractivity contribution in [1.29, 1.82) is 0 Å². The molecule has 192 valence electrons. The van der Waals surface area contributed by atoms with Gasteiger partial charge in [0.25, 0.3) is 5.91 Å². The number of phenolic OH excluding ortho intramolecular Hbond substituents is 1. The molecule has 0 radical (unpaired) electrons. The Bertz CT molecular complexity index is 1430. The molecular weight excluding hydrogens is 480 g/mol. The van der Waals surface area contributed by atoms with Crippen molar-refractivity contribution >= 4 is 17.5 Å². The highest BCUT2D eigenvalue weighted by atomic mass is 16.3. The molecule has 0 saturated heterocycles. The number of benzene rings is 2. The Balaban J connectivity index is 1.78. The van der Waals surface area contributed by atoms with Crippen LogP contribution in [0.1, 0.15) is 28.4 Å². The Morgan fingerprint density at radius 3 is 2.30 bits per heavy atom. The number of ketones is 2. The van der Waals surface area contributed by atoms with Crippen LogP contribution >= 0.6 is 0 Å². The van der Waals surface area contributed by atoms with Gasteiger partial charge in [-0.1, -0.05) is 36.4 Å². The van der Waals surface area contributed by atoms with E-state index in [2.05, 4.69) is 0 Å². The van der Waals surface area contributed by atoms with Gasteiger partial charge in [0.2, 0.25) is 5.78 Å². The molecule has 0 aliphatic heterocycles. The van der Waals surface area contributed by atoms with Crippen molar-refractivity contribution in [2.45, 2.75) is 24.2 Å². The maximum Gasteiger partial charge on any atom is 0.255 e. The van der Waals surface area contributed by atoms with E-state index in [4.69, 9.17) is 5.73 Å². The molecule has 0 fully saturated rings. The molecule has 5 rings (SSSR count). The number of aliphatic hydroxyl groups is 4. The monoisotopic (exact) mass is 506 g/mol. The van der Waals surface area contributed by atoms with Crippen molar-refractivity contribution in [3.63, 3.8) is 0 Å². The highest BCUT2D eigenvalue weighted by Gasteiger charge is 2.64. The maximum absolute atomic E-state index is 13.8. The molecule has 3 aliphatic carbocycles. The predicted octanol–water partition coefficient (Wildman–Crippen LogP) is 1.28. The molecule has 2 aromatic rings. The number of rotatable bonds is 3. The van der Waals surface area contributed by atoms with Gasteiger partial charge in [-0.15, -0.1) is 0 Å². The normalized spacial score (nSPS) is 29.2. The smallest absolute Gasteiger partial charge is 0.255 e. The van der Waals surface area contributed by atoms with Crippen LogP contribution in [0.25, 0.3) is 11.1 Å². The number of likely N-dealkylation sites (N-methyl/N-ethyl adjacent to an activating group) is 1. The number of hydrogen-bond acceptors (Lipinski definition) is 9. The molecule has 0 spiro atoms. The Morgan fingerprint density at radius 2 is 1.70 bits per heavy atom. The number of primary amides is 1. The number of aromatic hydroxyl groups is 1. The van der Waals surface area contributed by atoms with Gasteiger partial charge in [-0.05, 0) is 37.7 Å². The molecule has 0 unspecified atom stereocenters. The lowest BCUT2D eigenvalue weighted by atomic mass is 9.57. The third-order valence-corrected chi connectivity index (χ3v) is 7.78. The zero-order valence-corrected chi connectivity index (χ0v) is 20.0. The number of nitrogens with two attached hydrogens (primary N) is 1. The summed E-state index contributed by atoms with van der Waals surface area (Å²) in [4.78, 5) is 40.6. The Hall–Kier alpha value is -3.99. The number of carbonyl (C=O) groups excluding carboxylic acids is 3. The summed E-state index contributed by atoms with van der Waals surface area (Å²) in [6.07, 6.45) is -1.63. The summed E-state index contributed by atoms with van der Waals surface area (Å²) >= 11 is 0. The number of phenols is 1. The van der Waals surface area contributed by atoms with Crippen molar-refractivity contribution in [3.8, 4) is 16.9 Å². The lowest BCUT2D eigenvalue weighted by Gasteiger charge is -2.51. The lowest BCUT2D eigenvalue weighted by molar-refractivity contribution is -0.149. The molecule has 5 atom stereocenters. The Labute approximate surface area is 211 Å². The second-order valence-corrected chi connectivity index (χ2v) is 9.90. The third-order valence-electron chi connectivity index (χ3n) is 7.78. The second-order valence-electron chi connectivity index (χ2n) is 9.90. The van der Waals surface area contributed by atoms with Gasteiger partial charge < -0.3 is 31.3 Å². The summed E-state index contributed by atoms with van der Waals surface area (Å²) in [6, 6.07) is 10.7. The molecular formula is C27H26N2O8. The van der Waals surface area contributed by atoms with Crippen LogP contribution in [0.2, 0.25) is 0 Å². The fourth-order valence-corrected chi connectivity index (χ4v) is 6.16. The van der Waals surface area contributed by atoms with E-state index < -0.39 is 75.5 Å². The number of Topliss-reactive ketones (excluding diaryl/α,β-unsaturated/α-hetero) is 2. The van der Waals surface area contributed by atoms with E-state index in [0.29, 0.717) is 11.1 Å². The number of nitrogens with zero attached hydrogens (tertiary/aromatic N) is 1. The number of aliphatic hydroxyl groups excluding tert-OH is 3. The van der Waals surface area contributed by atoms with Crippen molar-refractivity contribution in [3.05, 3.63) is 76.3 Å². The zero-order chi connectivity index (χ0) is 27.0. The summed E-state index contributed by atoms with van der Waals surface area (Å²) in [5.41, 5.74) is 2.33. The van der Waals surface area contributed by atoms with E-state index in [1.54, 1.807) is 36.4 Å². The van der Waals surface area contributed by atoms with Crippen LogP contribution in [-0.4, -0.2) is 73.6 Å². The largest absolute Gasteiger partial charge is 0.510 e. The first-order valence-corrected chi connectivity index (χ1v) is 11.7. The summed E-state index contributed by atoms with van der Waals surface area (Å²) in [5.74, 6) is -7.96. The molecule has 0 aromatic heterocycles. The van der Waals surface area contributed by atoms with Crippen LogP contribution in [0.3, 0.4) is 0 Å². The lowest BCUT2D eigenvalue weighted by Crippen LogP contribution is -2.64. The molecule has 0 heterocycles. The quantitative estimate of drug-likeness (QED) is 0.334. The van der Waals surface area contributed by atoms with E-state index >= 15 is 0 Å². The van der Waals surface area contributed by atoms with Gasteiger partial charge in [-0.25, -0.2) is 0 Å². The van der Waals surface area contributed by atoms with Crippen molar-refractivity contribution in [2.75, 3.05) is 14.1 Å². The Morgan fingerprint density at radius 1 is 1.05 bits per heavy atom. The molecule has 3 aliphatic rings. The van der Waals surface area contributed by atoms with Crippen LogP contribution in [0, 0.1) is 11.8 Å². The molecule has 2 aromatic carbocycles. The number of hydrogen-bond donors (Lipinski definition) is 6. The SMILES string of the molecule is CN(C)[C@H]1C(O)=C(C(N)=O)C(=O)[C@@]2(O)C(O)=C3C(=O)c4c(O)ccc(-c5ccccc5)c4[C@@H](O)[C@@H]3C[C@@H]12. The average molecular weight is 507 g/mol. The first kappa shape index (κ1) is 24.7. The first-order chi connectivity index (χ1) is 17.4. The topological polar surface area (TPSA) is 182 Å². The zero-order valence-electron chi connectivity index (χ0n) is 20.0. The molecule has 37 heavy (non-hydrogen) atoms. The van der Waals surface area contributed by atoms with Crippen molar-refractivity contribution in [1.82, 2.24) is 4.90 Å². The summed E-state index contributed by atoms with van der Waals surface area (Å²) < 4.78 is 0. The molecule has 0 bridgehead atoms. The number of amides is 1. The van der Waals surface area contributed by atoms with Gasteiger partial charge in [-0.2, -0.15) is 0 Å². The van der Waals surface area contributed by atoms with Gasteiger partial charge in [0.15, 0.2) is 11.4 Å². The van der Waals surface area contributed by atoms with Crippen LogP contribution in [0.4, 0.5) is 0 Å². The molecule has 0 saturated carbocycles. The third kappa shape index (κ3) is 3.19. The molecule has 7 N–H and O–H groups in total. The van der Waals surface area contributed by atoms with Crippen LogP contribution in [0.5, 0.6) is 5.75 Å². The minimum atomic E-state index is -2.77. The average Bonchev–Trinajstić information content (AvgIpc) is 2.84. The Kier molecular flexibility index (Phi) is 5.52. The van der Waals surface area contributed by atoms with Gasteiger partial charge >= 0.3 is 0 Å². The van der Waals surface area contributed by atoms with E-state index in [9.17, 15) is 39.9 Å². The van der Waals surface area contributed by atoms with Gasteiger partial charge in [0.05, 0.1) is 17.7 Å². The van der Waals surface area contributed by atoms with Gasteiger partial charge in [-0.3, -0.25) is 19.3 Å². The molecule has 1 amide bonds. The van der Waals surface area contributed by atoms with E-state index in [1.165, 1.54) is 25.1 Å². The highest BCUT2D eigenvalue weighted by Crippen LogP contribution is 2.56. The minimum Gasteiger partial charge on any atom is -0.510 e. The van der Waals surface area contributed by atoms with Crippen LogP contribution in [-0.2, 0) is 9.59 Å². The maximum atomic E-state index is 13.8. The van der Waals surface area contributed by atoms with E-state index in [-0.39, 0.29) is 17.5 Å². The minimum absolute atomic E-state index is 0.157. The highest BCUT2D eigenvalue weighted by molar-refractivity contribution is 6.25. The number of carbonyl (C=O) groups is 3. The van der Waals surface area contributed by atoms with Crippen molar-refractivity contribution < 1.29 is 39.9 Å². The fourth-order valence-electron chi connectivity index (χ4n) is 6.16. The molecule has 10 nitrogen and oxygen atoms in total. The summed E-state index contributed by atoms with van der Waals surface area (Å²) in [7, 11) is 3.07. The second kappa shape index (κ2) is 8.27. The van der Waals surface area contributed by atoms with E-state index in [1.807, 2.05) is 0 Å². The van der Waals surface area contributed by atoms with Crippen LogP contribution < -0.4 is 5.73 Å². The van der Waals surface area contributed by atoms with Gasteiger partial charge in [0.1, 0.15) is 22.8 Å². The fraction of sp³-hybridized carbons (Fsp3) is 0.296. The predicted molar refractivity (Wildman–Crippen MR) is 130 cm³/mol. The number of fused-ring (bicyclic) bond motifs is 3. The molecule has 10 heteroatoms. The first-order valence-electron chi connectivity index (χ1n) is 11.7. The standard InChI is InChI=1S/C27H26N2O8/c1-29(2)20-14-10-13-17(24(34)27(14,37)25(35)19(23(20)33)26(28)36)22(32)18-15(30)9-8-12(16(18)21(13)31)11-6-4-3-5-7-11/h3-9,13-14,20-21,30-31,33-34,37H,10H2,1-2H3,(H2,28,36)/t13-,14+,20-,21+,27+/m1/s1. The summed E-state index contributed by atoms with van der Waals surface area (Å²) in [6.45, 7) is 0. The van der Waals surface area contributed by atoms with Crippen molar-refractivity contribution in [2.24, 2.45) is 17.6 Å². The summed E-state index contributed by atoms with van der Waals surface area (Å²) in [5, 5.41) is 56.0. The van der Waals surface area contributed by atoms with Crippen LogP contribution in [0.15, 0.2) is 65.1 Å². The van der Waals surface area contributed by atoms with Gasteiger partial charge in [0, 0.05) is 23.0 Å².